The van der Waals surface area contributed by atoms with E-state index >= 15 is 0 Å². The van der Waals surface area contributed by atoms with Crippen LogP contribution in [0.2, 0.25) is 0 Å². The summed E-state index contributed by atoms with van der Waals surface area (Å²) < 4.78 is 6.95. The van der Waals surface area contributed by atoms with E-state index in [2.05, 4.69) is 0 Å². The van der Waals surface area contributed by atoms with Crippen LogP contribution in [-0.2, 0) is 32.2 Å². The molecular formula is C32H35N3O5. The van der Waals surface area contributed by atoms with Crippen LogP contribution in [0.4, 0.5) is 0 Å². The fraction of sp³-hybridized carbons (Fsp3) is 0.406. The standard InChI is InChI=1S/C32H35N3O5/c1-2-31-15-9-17-33(21-23-11-5-3-6-12-23)28(37)25(31)26-29(38)35(19-20-36)27-30(39)34(18-10-16-32(26,27)40-31)22-24-13-7-4-8-14-24/h3-16,25-27,36H,2,17-22H2,1H3/t25-,26-,27?,31+,32-/m0/s1. The molecule has 2 saturated heterocycles. The lowest BCUT2D eigenvalue weighted by Gasteiger charge is -2.38. The van der Waals surface area contributed by atoms with E-state index in [4.69, 9.17) is 4.74 Å². The van der Waals surface area contributed by atoms with Crippen LogP contribution in [0.25, 0.3) is 0 Å². The molecule has 0 bridgehead atoms. The highest BCUT2D eigenvalue weighted by molar-refractivity contribution is 6.00. The predicted molar refractivity (Wildman–Crippen MR) is 148 cm³/mol. The highest BCUT2D eigenvalue weighted by Gasteiger charge is 2.75. The Labute approximate surface area is 234 Å². The molecule has 2 fully saturated rings. The van der Waals surface area contributed by atoms with Crippen LogP contribution >= 0.6 is 0 Å². The number of rotatable bonds is 7. The number of aliphatic hydroxyl groups excluding tert-OH is 1. The van der Waals surface area contributed by atoms with Crippen LogP contribution in [-0.4, -0.2) is 81.0 Å². The number of hydrogen-bond donors (Lipinski definition) is 1. The molecule has 1 spiro atoms. The fourth-order valence-electron chi connectivity index (χ4n) is 7.10. The third kappa shape index (κ3) is 4.09. The van der Waals surface area contributed by atoms with Crippen molar-refractivity contribution < 1.29 is 24.2 Å². The number of carbonyl (C=O) groups excluding carboxylic acids is 3. The Bertz CT molecular complexity index is 1340. The third-order valence-electron chi connectivity index (χ3n) is 8.88. The number of likely N-dealkylation sites (tertiary alicyclic amines) is 1. The van der Waals surface area contributed by atoms with Crippen molar-refractivity contribution in [2.45, 2.75) is 43.7 Å². The maximum Gasteiger partial charge on any atom is 0.249 e. The highest BCUT2D eigenvalue weighted by Crippen LogP contribution is 2.58. The van der Waals surface area contributed by atoms with Gasteiger partial charge < -0.3 is 24.5 Å². The van der Waals surface area contributed by atoms with Crippen molar-refractivity contribution in [2.24, 2.45) is 11.8 Å². The molecule has 8 heteroatoms. The van der Waals surface area contributed by atoms with Gasteiger partial charge in [0.1, 0.15) is 11.6 Å². The summed E-state index contributed by atoms with van der Waals surface area (Å²) in [6.07, 6.45) is 8.13. The van der Waals surface area contributed by atoms with E-state index in [-0.39, 0.29) is 30.9 Å². The van der Waals surface area contributed by atoms with Crippen molar-refractivity contribution in [1.29, 1.82) is 0 Å². The van der Waals surface area contributed by atoms with Gasteiger partial charge in [0.15, 0.2) is 0 Å². The summed E-state index contributed by atoms with van der Waals surface area (Å²) in [6, 6.07) is 18.5. The predicted octanol–water partition coefficient (Wildman–Crippen LogP) is 2.54. The lowest BCUT2D eigenvalue weighted by molar-refractivity contribution is -0.155. The number of β-amino-alcohol motifs (C(OH)–C–C–N with tert-alkyl or cyclic N) is 1. The summed E-state index contributed by atoms with van der Waals surface area (Å²) >= 11 is 0. The van der Waals surface area contributed by atoms with E-state index in [9.17, 15) is 19.5 Å². The Hall–Kier alpha value is -3.75. The van der Waals surface area contributed by atoms with Gasteiger partial charge in [0.25, 0.3) is 0 Å². The first kappa shape index (κ1) is 26.5. The number of hydrogen-bond acceptors (Lipinski definition) is 5. The van der Waals surface area contributed by atoms with E-state index in [1.807, 2.05) is 91.9 Å². The summed E-state index contributed by atoms with van der Waals surface area (Å²) in [5, 5.41) is 9.92. The number of aliphatic hydroxyl groups is 1. The van der Waals surface area contributed by atoms with Gasteiger partial charge in [-0.1, -0.05) is 91.9 Å². The molecule has 4 heterocycles. The first-order chi connectivity index (χ1) is 19.4. The molecule has 0 saturated carbocycles. The Kier molecular flexibility index (Phi) is 6.84. The fourth-order valence-corrected chi connectivity index (χ4v) is 7.10. The number of nitrogens with zero attached hydrogens (tertiary/aromatic N) is 3. The van der Waals surface area contributed by atoms with Gasteiger partial charge in [0.05, 0.1) is 24.0 Å². The number of benzene rings is 2. The molecule has 40 heavy (non-hydrogen) atoms. The Balaban J connectivity index is 1.41. The summed E-state index contributed by atoms with van der Waals surface area (Å²) in [6.45, 7) is 3.23. The maximum atomic E-state index is 14.4. The first-order valence-corrected chi connectivity index (χ1v) is 14.1. The molecule has 1 unspecified atom stereocenters. The zero-order valence-corrected chi connectivity index (χ0v) is 22.7. The van der Waals surface area contributed by atoms with E-state index < -0.39 is 29.1 Å². The van der Waals surface area contributed by atoms with Gasteiger partial charge >= 0.3 is 0 Å². The van der Waals surface area contributed by atoms with Crippen LogP contribution in [0.1, 0.15) is 24.5 Å². The Morgan fingerprint density at radius 3 is 1.95 bits per heavy atom. The first-order valence-electron chi connectivity index (χ1n) is 14.1. The van der Waals surface area contributed by atoms with Crippen LogP contribution in [0.15, 0.2) is 85.0 Å². The van der Waals surface area contributed by atoms with Crippen LogP contribution in [0, 0.1) is 11.8 Å². The summed E-state index contributed by atoms with van der Waals surface area (Å²) in [4.78, 5) is 47.8. The van der Waals surface area contributed by atoms with E-state index in [0.717, 1.165) is 11.1 Å². The molecule has 8 nitrogen and oxygen atoms in total. The molecule has 4 aliphatic rings. The van der Waals surface area contributed by atoms with Gasteiger partial charge in [-0.15, -0.1) is 0 Å². The molecule has 4 aliphatic heterocycles. The van der Waals surface area contributed by atoms with Crippen LogP contribution < -0.4 is 0 Å². The molecule has 1 N–H and O–H groups in total. The minimum absolute atomic E-state index is 0.00648. The molecule has 208 valence electrons. The molecule has 0 aromatic heterocycles. The third-order valence-corrected chi connectivity index (χ3v) is 8.88. The molecule has 0 aliphatic carbocycles. The van der Waals surface area contributed by atoms with Crippen LogP contribution in [0.5, 0.6) is 0 Å². The SMILES string of the molecule is CC[C@@]12C=CCN(Cc3ccccc3)C(=O)[C@@H]1[C@H]1C(=O)N(CCO)C3C(=O)N(Cc4ccccc4)CC=C[C@@]31O2. The smallest absolute Gasteiger partial charge is 0.249 e. The lowest BCUT2D eigenvalue weighted by Crippen LogP contribution is -2.56. The monoisotopic (exact) mass is 541 g/mol. The molecule has 5 atom stereocenters. The van der Waals surface area contributed by atoms with Crippen molar-refractivity contribution in [3.8, 4) is 0 Å². The van der Waals surface area contributed by atoms with Gasteiger partial charge in [-0.05, 0) is 17.5 Å². The van der Waals surface area contributed by atoms with Crippen molar-refractivity contribution in [3.63, 3.8) is 0 Å². The van der Waals surface area contributed by atoms with Gasteiger partial charge in [-0.25, -0.2) is 0 Å². The molecule has 3 amide bonds. The molecular weight excluding hydrogens is 506 g/mol. The van der Waals surface area contributed by atoms with Crippen molar-refractivity contribution in [1.82, 2.24) is 14.7 Å². The van der Waals surface area contributed by atoms with E-state index in [1.165, 1.54) is 4.90 Å². The second kappa shape index (κ2) is 10.3. The number of carbonyl (C=O) groups is 3. The van der Waals surface area contributed by atoms with E-state index in [1.54, 1.807) is 9.80 Å². The summed E-state index contributed by atoms with van der Waals surface area (Å²) in [5.74, 6) is -2.38. The largest absolute Gasteiger partial charge is 0.395 e. The van der Waals surface area contributed by atoms with Gasteiger partial charge in [-0.2, -0.15) is 0 Å². The summed E-state index contributed by atoms with van der Waals surface area (Å²) in [7, 11) is 0. The topological polar surface area (TPSA) is 90.4 Å². The average molecular weight is 542 g/mol. The van der Waals surface area contributed by atoms with Crippen molar-refractivity contribution >= 4 is 17.7 Å². The zero-order chi connectivity index (χ0) is 27.9. The minimum Gasteiger partial charge on any atom is -0.395 e. The quantitative estimate of drug-likeness (QED) is 0.545. The Morgan fingerprint density at radius 2 is 1.38 bits per heavy atom. The van der Waals surface area contributed by atoms with Gasteiger partial charge in [0.2, 0.25) is 17.7 Å². The van der Waals surface area contributed by atoms with Gasteiger partial charge in [0, 0.05) is 32.7 Å². The molecule has 0 radical (unpaired) electrons. The average Bonchev–Trinajstić information content (AvgIpc) is 3.26. The zero-order valence-electron chi connectivity index (χ0n) is 22.7. The second-order valence-electron chi connectivity index (χ2n) is 11.1. The second-order valence-corrected chi connectivity index (χ2v) is 11.1. The van der Waals surface area contributed by atoms with Crippen molar-refractivity contribution in [3.05, 3.63) is 96.1 Å². The molecule has 2 aromatic carbocycles. The lowest BCUT2D eigenvalue weighted by atomic mass is 9.73. The van der Waals surface area contributed by atoms with Gasteiger partial charge in [-0.3, -0.25) is 14.4 Å². The minimum atomic E-state index is -1.31. The van der Waals surface area contributed by atoms with E-state index in [0.29, 0.717) is 32.6 Å². The van der Waals surface area contributed by atoms with Crippen LogP contribution in [0.3, 0.4) is 0 Å². The normalized spacial score (nSPS) is 31.2. The molecule has 2 aromatic rings. The number of ether oxygens (including phenoxy) is 1. The summed E-state index contributed by atoms with van der Waals surface area (Å²) in [5.41, 5.74) is -0.357. The maximum absolute atomic E-state index is 14.4. The molecule has 6 rings (SSSR count). The highest BCUT2D eigenvalue weighted by atomic mass is 16.5. The Morgan fingerprint density at radius 1 is 0.800 bits per heavy atom. The number of fused-ring (bicyclic) bond motifs is 2. The number of amides is 3. The van der Waals surface area contributed by atoms with Crippen molar-refractivity contribution in [2.75, 3.05) is 26.2 Å².